The van der Waals surface area contributed by atoms with Gasteiger partial charge in [0, 0.05) is 27.4 Å². The van der Waals surface area contributed by atoms with Gasteiger partial charge in [-0.2, -0.15) is 13.2 Å². The van der Waals surface area contributed by atoms with E-state index in [1.807, 2.05) is 211 Å². The lowest BCUT2D eigenvalue weighted by Crippen LogP contribution is -2.11. The number of alkyl halides is 3. The van der Waals surface area contributed by atoms with Crippen LogP contribution in [0.4, 0.5) is 18.0 Å². The first-order chi connectivity index (χ1) is 61.8. The first-order valence-corrected chi connectivity index (χ1v) is 44.1. The molecule has 0 atom stereocenters. The van der Waals surface area contributed by atoms with Crippen LogP contribution in [0.3, 0.4) is 0 Å². The number of aryl methyl sites for hydroxylation is 7. The van der Waals surface area contributed by atoms with Gasteiger partial charge in [-0.15, -0.1) is 0 Å². The summed E-state index contributed by atoms with van der Waals surface area (Å²) in [5.41, 5.74) is 19.7. The smallest absolute Gasteiger partial charge is 0.437 e. The van der Waals surface area contributed by atoms with Gasteiger partial charge in [-0.3, -0.25) is 0 Å². The minimum absolute atomic E-state index is 0.00205. The van der Waals surface area contributed by atoms with Gasteiger partial charge in [-0.1, -0.05) is 107 Å². The molecule has 129 heavy (non-hydrogen) atoms. The number of halogens is 10. The van der Waals surface area contributed by atoms with Crippen molar-refractivity contribution in [1.29, 1.82) is 0 Å². The molecular formula is C98H64Br6ClF3N10O11. The summed E-state index contributed by atoms with van der Waals surface area (Å²) in [6.45, 7) is 13.2. The molecule has 14 aromatic carbocycles. The second-order valence-corrected chi connectivity index (χ2v) is 34.7. The summed E-state index contributed by atoms with van der Waals surface area (Å²) in [5.74, 6) is -0.310. The number of rotatable bonds is 9. The number of esters is 4. The highest BCUT2D eigenvalue weighted by molar-refractivity contribution is 9.11. The van der Waals surface area contributed by atoms with E-state index in [2.05, 4.69) is 145 Å². The molecule has 21 nitrogen and oxygen atoms in total. The van der Waals surface area contributed by atoms with E-state index in [1.165, 1.54) is 7.11 Å². The Morgan fingerprint density at radius 1 is 0.271 bits per heavy atom. The van der Waals surface area contributed by atoms with Crippen molar-refractivity contribution in [2.45, 2.75) is 54.6 Å². The van der Waals surface area contributed by atoms with E-state index in [1.54, 1.807) is 55.5 Å². The number of hydrogen-bond acceptors (Lipinski definition) is 21. The number of ether oxygens (including phenoxy) is 6. The summed E-state index contributed by atoms with van der Waals surface area (Å²) >= 11 is 26.9. The van der Waals surface area contributed by atoms with Crippen LogP contribution in [0, 0.1) is 48.5 Å². The van der Waals surface area contributed by atoms with E-state index in [0.29, 0.717) is 125 Å². The normalized spacial score (nSPS) is 11.2. The molecule has 31 heteroatoms. The molecule has 0 aliphatic heterocycles. The second kappa shape index (κ2) is 39.0. The average molecular weight is 2130 g/mol. The van der Waals surface area contributed by atoms with Gasteiger partial charge in [0.25, 0.3) is 0 Å². The molecule has 0 aliphatic carbocycles. The number of carbonyl (C=O) groups is 5. The zero-order chi connectivity index (χ0) is 91.4. The van der Waals surface area contributed by atoms with E-state index in [4.69, 9.17) is 40.3 Å². The van der Waals surface area contributed by atoms with Gasteiger partial charge in [0.1, 0.15) is 55.2 Å². The number of carbonyl (C=O) groups excluding carboxylic acids is 5. The Bertz CT molecular complexity index is 7770. The molecule has 0 saturated carbocycles. The number of para-hydroxylation sites is 10. The van der Waals surface area contributed by atoms with Crippen molar-refractivity contribution >= 4 is 248 Å². The molecule has 19 aromatic rings. The molecule has 0 saturated heterocycles. The molecular weight excluding hydrogens is 2070 g/mol. The Morgan fingerprint density at radius 3 is 0.845 bits per heavy atom. The highest BCUT2D eigenvalue weighted by Gasteiger charge is 2.31. The van der Waals surface area contributed by atoms with Crippen LogP contribution in [0.5, 0.6) is 28.7 Å². The zero-order valence-electron chi connectivity index (χ0n) is 68.8. The van der Waals surface area contributed by atoms with Crippen LogP contribution in [0.25, 0.3) is 110 Å². The predicted octanol–water partition coefficient (Wildman–Crippen LogP) is 27.3. The van der Waals surface area contributed by atoms with Gasteiger partial charge >= 0.3 is 36.2 Å². The van der Waals surface area contributed by atoms with Gasteiger partial charge in [-0.05, 0) is 330 Å². The predicted molar refractivity (Wildman–Crippen MR) is 513 cm³/mol. The van der Waals surface area contributed by atoms with Gasteiger partial charge in [-0.25, -0.2) is 73.8 Å². The minimum Gasteiger partial charge on any atom is -0.437 e. The van der Waals surface area contributed by atoms with Crippen molar-refractivity contribution in [2.24, 2.45) is 0 Å². The Labute approximate surface area is 788 Å². The number of aromatic nitrogens is 10. The summed E-state index contributed by atoms with van der Waals surface area (Å²) < 4.78 is 75.2. The topological polar surface area (TPSA) is 270 Å². The van der Waals surface area contributed by atoms with Crippen molar-refractivity contribution in [2.75, 3.05) is 7.11 Å². The fourth-order valence-electron chi connectivity index (χ4n) is 13.6. The Balaban J connectivity index is 0.000000124. The van der Waals surface area contributed by atoms with Crippen LogP contribution in [0.2, 0.25) is 5.02 Å². The van der Waals surface area contributed by atoms with E-state index in [-0.39, 0.29) is 11.3 Å². The first kappa shape index (κ1) is 91.0. The Kier molecular flexibility index (Phi) is 27.5. The summed E-state index contributed by atoms with van der Waals surface area (Å²) in [4.78, 5) is 108. The van der Waals surface area contributed by atoms with Crippen LogP contribution in [0.15, 0.2) is 269 Å². The number of benzene rings is 14. The molecule has 19 rings (SSSR count). The molecule has 0 aliphatic rings. The summed E-state index contributed by atoms with van der Waals surface area (Å²) in [6, 6.07) is 70.2. The Hall–Kier alpha value is -12.8. The summed E-state index contributed by atoms with van der Waals surface area (Å²) in [7, 11) is 1.26. The molecule has 0 unspecified atom stereocenters. The molecule has 5 heterocycles. The second-order valence-electron chi connectivity index (χ2n) is 29.2. The lowest BCUT2D eigenvalue weighted by molar-refractivity contribution is -0.137. The van der Waals surface area contributed by atoms with E-state index < -0.39 is 41.8 Å². The number of nitrogens with zero attached hydrogens (tertiary/aromatic N) is 10. The molecule has 5 aromatic heterocycles. The Morgan fingerprint density at radius 2 is 0.535 bits per heavy atom. The van der Waals surface area contributed by atoms with Crippen LogP contribution in [-0.4, -0.2) is 87.0 Å². The third-order valence-electron chi connectivity index (χ3n) is 19.7. The van der Waals surface area contributed by atoms with Crippen molar-refractivity contribution in [3.63, 3.8) is 0 Å². The van der Waals surface area contributed by atoms with E-state index in [9.17, 15) is 37.1 Å². The van der Waals surface area contributed by atoms with E-state index >= 15 is 0 Å². The third kappa shape index (κ3) is 20.5. The van der Waals surface area contributed by atoms with Crippen molar-refractivity contribution in [1.82, 2.24) is 49.8 Å². The fourth-order valence-corrected chi connectivity index (χ4v) is 17.5. The molecule has 0 N–H and O–H groups in total. The molecule has 0 bridgehead atoms. The SMILES string of the molecule is COC(=O)Oc1c(C)cc(Br)c2nc3ccccc3nc12.Cc1cc(Br)c2nc3ccccc3nc2c1OC(=O)c1ccc(C(F)(F)F)cc1.Cc1cc(Br)c2nc3ccccc3nc2c1OC(=O)c1ccc(Cl)cc1.Cc1cc(C)cc(C(=O)Oc2c(Br)cc(Br)c3nc4ccccc4nc23)c1.Cc1cccc(C(=O)Oc2c(C)cc(Br)c3nc4ccccc4nc23)c1. The third-order valence-corrected chi connectivity index (χ3v) is 23.6. The highest BCUT2D eigenvalue weighted by Crippen LogP contribution is 2.42. The molecule has 0 spiro atoms. The van der Waals surface area contributed by atoms with Gasteiger partial charge < -0.3 is 28.4 Å². The minimum atomic E-state index is -4.47. The van der Waals surface area contributed by atoms with Crippen molar-refractivity contribution in [3.05, 3.63) is 341 Å². The first-order valence-electron chi connectivity index (χ1n) is 39.0. The van der Waals surface area contributed by atoms with Gasteiger partial charge in [0.05, 0.1) is 94.6 Å². The number of fused-ring (bicyclic) bond motifs is 10. The molecule has 642 valence electrons. The van der Waals surface area contributed by atoms with Crippen molar-refractivity contribution < 1.29 is 65.6 Å². The zero-order valence-corrected chi connectivity index (χ0v) is 79.1. The maximum Gasteiger partial charge on any atom is 0.513 e. The average Bonchev–Trinajstić information content (AvgIpc) is 0.782. The highest BCUT2D eigenvalue weighted by atomic mass is 79.9. The maximum absolute atomic E-state index is 12.8. The fraction of sp³-hybridized carbons (Fsp3) is 0.0918. The molecule has 0 amide bonds. The largest absolute Gasteiger partial charge is 0.513 e. The molecule has 0 radical (unpaired) electrons. The lowest BCUT2D eigenvalue weighted by atomic mass is 10.1. The van der Waals surface area contributed by atoms with Crippen LogP contribution < -0.4 is 23.7 Å². The molecule has 0 fully saturated rings. The van der Waals surface area contributed by atoms with Crippen LogP contribution in [-0.2, 0) is 10.9 Å². The summed E-state index contributed by atoms with van der Waals surface area (Å²) in [5, 5.41) is 0.559. The standard InChI is InChI=1S/C21H14Br2N2O2.C21H12BrF3N2O2.C21H15BrN2O2.C20H12BrClN2O2.C15H11BrN2O3/c1-11-7-12(2)9-13(8-11)21(26)27-20-15(23)10-14(22)18-19(20)25-17-6-4-3-5-16(17)24-18;1-11-10-14(22)17-18(27-16-5-3-2-4-15(16)26-17)19(11)29-20(28)12-6-8-13(9-7-12)21(23,24)25;1-12-6-5-7-14(10-12)21(25)26-20-13(2)11-15(22)18-19(20)24-17-9-4-3-8-16(17)23-18;1-11-10-14(21)17-18(24-16-5-3-2-4-15(16)23-17)19(11)26-20(25)12-6-8-13(22)9-7-12;1-8-7-9(16)12-13(14(8)21-15(19)20-2)18-11-6-4-3-5-10(11)17-12/h3-10H,1-2H3;2-10H,1H3;3-11H,1-2H3;2-10H,1H3;3-7H,1-2H3. The van der Waals surface area contributed by atoms with Crippen LogP contribution in [0.1, 0.15) is 85.9 Å². The maximum atomic E-state index is 12.8. The van der Waals surface area contributed by atoms with Gasteiger partial charge in [0.15, 0.2) is 28.7 Å². The lowest BCUT2D eigenvalue weighted by Gasteiger charge is -2.12. The van der Waals surface area contributed by atoms with E-state index in [0.717, 1.165) is 120 Å². The number of hydrogen-bond donors (Lipinski definition) is 0. The summed E-state index contributed by atoms with van der Waals surface area (Å²) in [6.07, 6.45) is -5.26. The van der Waals surface area contributed by atoms with Crippen LogP contribution >= 0.6 is 107 Å². The monoisotopic (exact) mass is 2120 g/mol. The van der Waals surface area contributed by atoms with Crippen molar-refractivity contribution in [3.8, 4) is 28.7 Å². The number of methoxy groups -OCH3 is 1. The quantitative estimate of drug-likeness (QED) is 0.0562. The van der Waals surface area contributed by atoms with Gasteiger partial charge in [0.2, 0.25) is 0 Å².